The molecule has 0 radical (unpaired) electrons. The monoisotopic (exact) mass is 646 g/mol. The van der Waals surface area contributed by atoms with E-state index in [9.17, 15) is 0 Å². The molecule has 0 aliphatic carbocycles. The van der Waals surface area contributed by atoms with Crippen molar-refractivity contribution in [3.05, 3.63) is 108 Å². The number of unbranched alkanes of at least 4 members (excludes halogenated alkanes) is 10. The predicted octanol–water partition coefficient (Wildman–Crippen LogP) is 13.8. The quantitative estimate of drug-likeness (QED) is 0.0594. The van der Waals surface area contributed by atoms with E-state index in [1.807, 2.05) is 60.7 Å². The molecule has 254 valence electrons. The van der Waals surface area contributed by atoms with Crippen molar-refractivity contribution in [2.24, 2.45) is 20.5 Å². The van der Waals surface area contributed by atoms with Crippen LogP contribution in [-0.4, -0.2) is 13.2 Å². The molecule has 4 aromatic rings. The highest BCUT2D eigenvalue weighted by Crippen LogP contribution is 2.24. The van der Waals surface area contributed by atoms with Crippen molar-refractivity contribution in [2.75, 3.05) is 13.2 Å². The van der Waals surface area contributed by atoms with E-state index >= 15 is 0 Å². The Bertz CT molecular complexity index is 1460. The van der Waals surface area contributed by atoms with Gasteiger partial charge in [0.05, 0.1) is 36.0 Å². The van der Waals surface area contributed by atoms with Crippen LogP contribution in [0, 0.1) is 0 Å². The second-order valence-corrected chi connectivity index (χ2v) is 12.4. The molecule has 0 aliphatic heterocycles. The lowest BCUT2D eigenvalue weighted by molar-refractivity contribution is 0.301. The summed E-state index contributed by atoms with van der Waals surface area (Å²) in [6.45, 7) is 5.89. The van der Waals surface area contributed by atoms with E-state index in [1.165, 1.54) is 75.3 Å². The van der Waals surface area contributed by atoms with Crippen LogP contribution in [0.5, 0.6) is 11.5 Å². The number of aryl methyl sites for hydroxylation is 2. The van der Waals surface area contributed by atoms with Crippen molar-refractivity contribution in [2.45, 2.75) is 104 Å². The van der Waals surface area contributed by atoms with Crippen molar-refractivity contribution >= 4 is 22.7 Å². The first-order valence-electron chi connectivity index (χ1n) is 18.2. The minimum absolute atomic E-state index is 0.749. The standard InChI is InChI=1S/C42H54N4O2/c1-3-5-6-13-16-36-19-23-38(24-20-36)44-46-40-27-31-42(32-28-40)48-34-15-12-10-8-7-9-11-14-33-47-41-29-25-39(26-30-41)45-43-37-21-17-35(4-2)18-22-37/h17-32H,3-16,33-34H2,1-2H3. The molecule has 0 N–H and O–H groups in total. The molecule has 6 nitrogen and oxygen atoms in total. The maximum absolute atomic E-state index is 5.94. The summed E-state index contributed by atoms with van der Waals surface area (Å²) in [5.74, 6) is 1.77. The number of rotatable bonds is 23. The molecule has 4 rings (SSSR count). The average molecular weight is 647 g/mol. The van der Waals surface area contributed by atoms with Crippen LogP contribution in [-0.2, 0) is 12.8 Å². The normalized spacial score (nSPS) is 11.5. The Balaban J connectivity index is 0.969. The van der Waals surface area contributed by atoms with E-state index in [2.05, 4.69) is 70.7 Å². The molecule has 0 amide bonds. The lowest BCUT2D eigenvalue weighted by Crippen LogP contribution is -1.97. The van der Waals surface area contributed by atoms with E-state index in [0.29, 0.717) is 0 Å². The largest absolute Gasteiger partial charge is 0.494 e. The summed E-state index contributed by atoms with van der Waals surface area (Å²) in [7, 11) is 0. The third-order valence-electron chi connectivity index (χ3n) is 8.41. The van der Waals surface area contributed by atoms with Gasteiger partial charge in [-0.25, -0.2) is 0 Å². The summed E-state index contributed by atoms with van der Waals surface area (Å²) in [6, 6.07) is 32.3. The van der Waals surface area contributed by atoms with Gasteiger partial charge in [-0.3, -0.25) is 0 Å². The van der Waals surface area contributed by atoms with Crippen LogP contribution in [0.3, 0.4) is 0 Å². The second-order valence-electron chi connectivity index (χ2n) is 12.4. The first-order chi connectivity index (χ1) is 23.7. The Kier molecular flexibility index (Phi) is 17.0. The summed E-state index contributed by atoms with van der Waals surface area (Å²) < 4.78 is 11.9. The molecule has 4 aromatic carbocycles. The van der Waals surface area contributed by atoms with Gasteiger partial charge in [-0.1, -0.05) is 95.9 Å². The highest BCUT2D eigenvalue weighted by atomic mass is 16.5. The zero-order chi connectivity index (χ0) is 33.5. The van der Waals surface area contributed by atoms with E-state index in [-0.39, 0.29) is 0 Å². The number of azo groups is 2. The van der Waals surface area contributed by atoms with Gasteiger partial charge in [0.2, 0.25) is 0 Å². The summed E-state index contributed by atoms with van der Waals surface area (Å²) in [5, 5.41) is 17.4. The third-order valence-corrected chi connectivity index (χ3v) is 8.41. The highest BCUT2D eigenvalue weighted by molar-refractivity contribution is 5.44. The van der Waals surface area contributed by atoms with Gasteiger partial charge in [0.15, 0.2) is 0 Å². The Labute approximate surface area is 288 Å². The fourth-order valence-electron chi connectivity index (χ4n) is 5.38. The van der Waals surface area contributed by atoms with E-state index in [4.69, 9.17) is 9.47 Å². The predicted molar refractivity (Wildman–Crippen MR) is 199 cm³/mol. The summed E-state index contributed by atoms with van der Waals surface area (Å²) in [6.07, 6.45) is 16.9. The van der Waals surface area contributed by atoms with Crippen molar-refractivity contribution in [3.8, 4) is 11.5 Å². The van der Waals surface area contributed by atoms with Crippen molar-refractivity contribution < 1.29 is 9.47 Å². The number of hydrogen-bond acceptors (Lipinski definition) is 6. The first kappa shape index (κ1) is 36.5. The molecule has 0 atom stereocenters. The van der Waals surface area contributed by atoms with Gasteiger partial charge in [-0.15, -0.1) is 0 Å². The molecular formula is C42H54N4O2. The lowest BCUT2D eigenvalue weighted by Gasteiger charge is -2.07. The molecule has 0 unspecified atom stereocenters. The van der Waals surface area contributed by atoms with Gasteiger partial charge in [-0.2, -0.15) is 20.5 Å². The Morgan fingerprint density at radius 2 is 0.729 bits per heavy atom. The summed E-state index contributed by atoms with van der Waals surface area (Å²) in [5.41, 5.74) is 6.08. The van der Waals surface area contributed by atoms with Gasteiger partial charge in [0.25, 0.3) is 0 Å². The second kappa shape index (κ2) is 22.3. The Hall–Kier alpha value is -4.32. The minimum Gasteiger partial charge on any atom is -0.494 e. The summed E-state index contributed by atoms with van der Waals surface area (Å²) in [4.78, 5) is 0. The van der Waals surface area contributed by atoms with Crippen LogP contribution in [0.4, 0.5) is 22.7 Å². The van der Waals surface area contributed by atoms with Crippen molar-refractivity contribution in [1.29, 1.82) is 0 Å². The van der Waals surface area contributed by atoms with Crippen LogP contribution in [0.2, 0.25) is 0 Å². The van der Waals surface area contributed by atoms with Crippen LogP contribution in [0.1, 0.15) is 102 Å². The first-order valence-corrected chi connectivity index (χ1v) is 18.2. The molecule has 0 aliphatic rings. The molecule has 0 aromatic heterocycles. The zero-order valence-electron chi connectivity index (χ0n) is 29.2. The fraction of sp³-hybridized carbons (Fsp3) is 0.429. The van der Waals surface area contributed by atoms with Gasteiger partial charge in [0.1, 0.15) is 11.5 Å². The number of benzene rings is 4. The third kappa shape index (κ3) is 14.6. The number of hydrogen-bond donors (Lipinski definition) is 0. The van der Waals surface area contributed by atoms with Gasteiger partial charge < -0.3 is 9.47 Å². The maximum Gasteiger partial charge on any atom is 0.119 e. The Morgan fingerprint density at radius 3 is 1.12 bits per heavy atom. The summed E-state index contributed by atoms with van der Waals surface area (Å²) >= 11 is 0. The number of ether oxygens (including phenoxy) is 2. The van der Waals surface area contributed by atoms with E-state index in [0.717, 1.165) is 73.1 Å². The Morgan fingerprint density at radius 1 is 0.375 bits per heavy atom. The van der Waals surface area contributed by atoms with Crippen LogP contribution in [0.15, 0.2) is 118 Å². The maximum atomic E-state index is 5.94. The van der Waals surface area contributed by atoms with Crippen molar-refractivity contribution in [1.82, 2.24) is 0 Å². The average Bonchev–Trinajstić information content (AvgIpc) is 3.14. The fourth-order valence-corrected chi connectivity index (χ4v) is 5.38. The van der Waals surface area contributed by atoms with Gasteiger partial charge in [-0.05, 0) is 116 Å². The van der Waals surface area contributed by atoms with E-state index in [1.54, 1.807) is 0 Å². The smallest absolute Gasteiger partial charge is 0.119 e. The van der Waals surface area contributed by atoms with Crippen molar-refractivity contribution in [3.63, 3.8) is 0 Å². The molecule has 6 heteroatoms. The molecule has 0 heterocycles. The lowest BCUT2D eigenvalue weighted by atomic mass is 10.1. The van der Waals surface area contributed by atoms with Crippen LogP contribution < -0.4 is 9.47 Å². The van der Waals surface area contributed by atoms with Gasteiger partial charge in [0, 0.05) is 0 Å². The number of nitrogens with zero attached hydrogens (tertiary/aromatic N) is 4. The van der Waals surface area contributed by atoms with Crippen LogP contribution in [0.25, 0.3) is 0 Å². The molecule has 48 heavy (non-hydrogen) atoms. The van der Waals surface area contributed by atoms with Crippen LogP contribution >= 0.6 is 0 Å². The van der Waals surface area contributed by atoms with E-state index < -0.39 is 0 Å². The molecule has 0 saturated carbocycles. The molecule has 0 fully saturated rings. The molecule has 0 saturated heterocycles. The molecular weight excluding hydrogens is 592 g/mol. The SMILES string of the molecule is CCCCCCc1ccc(N=Nc2ccc(OCCCCCCCCCCOc3ccc(N=Nc4ccc(CC)cc4)cc3)cc2)cc1. The minimum atomic E-state index is 0.749. The zero-order valence-corrected chi connectivity index (χ0v) is 29.2. The topological polar surface area (TPSA) is 67.9 Å². The molecule has 0 bridgehead atoms. The molecule has 0 spiro atoms. The van der Waals surface area contributed by atoms with Gasteiger partial charge >= 0.3 is 0 Å². The highest BCUT2D eigenvalue weighted by Gasteiger charge is 2.00.